The predicted molar refractivity (Wildman–Crippen MR) is 104 cm³/mol. The van der Waals surface area contributed by atoms with Gasteiger partial charge in [0.05, 0.1) is 6.54 Å². The van der Waals surface area contributed by atoms with E-state index >= 15 is 0 Å². The third-order valence-corrected chi connectivity index (χ3v) is 3.77. The fourth-order valence-electron chi connectivity index (χ4n) is 2.34. The number of nitrogens with one attached hydrogen (secondary N) is 2. The van der Waals surface area contributed by atoms with Crippen molar-refractivity contribution in [3.63, 3.8) is 0 Å². The molecule has 0 aliphatic rings. The van der Waals surface area contributed by atoms with Crippen LogP contribution in [0.15, 0.2) is 53.5 Å². The van der Waals surface area contributed by atoms with Gasteiger partial charge in [-0.3, -0.25) is 0 Å². The predicted octanol–water partition coefficient (Wildman–Crippen LogP) is 3.32. The van der Waals surface area contributed by atoms with Gasteiger partial charge in [0.15, 0.2) is 5.96 Å². The van der Waals surface area contributed by atoms with Crippen molar-refractivity contribution in [3.8, 4) is 0 Å². The monoisotopic (exact) mass is 324 g/mol. The summed E-state index contributed by atoms with van der Waals surface area (Å²) in [5.74, 6) is 0.841. The normalized spacial score (nSPS) is 11.2. The van der Waals surface area contributed by atoms with Crippen molar-refractivity contribution in [3.05, 3.63) is 65.2 Å². The number of aliphatic imine (C=N–C) groups is 1. The third-order valence-electron chi connectivity index (χ3n) is 3.77. The van der Waals surface area contributed by atoms with Crippen molar-refractivity contribution in [2.75, 3.05) is 25.5 Å². The topological polar surface area (TPSA) is 39.7 Å². The second kappa shape index (κ2) is 8.96. The van der Waals surface area contributed by atoms with Gasteiger partial charge >= 0.3 is 0 Å². The Hall–Kier alpha value is -2.49. The maximum atomic E-state index is 4.69. The number of nitrogens with zero attached hydrogens (tertiary/aromatic N) is 2. The Labute approximate surface area is 145 Å². The van der Waals surface area contributed by atoms with Crippen molar-refractivity contribution in [2.24, 2.45) is 4.99 Å². The van der Waals surface area contributed by atoms with Gasteiger partial charge < -0.3 is 15.5 Å². The Balaban J connectivity index is 1.99. The Morgan fingerprint density at radius 2 is 1.75 bits per heavy atom. The summed E-state index contributed by atoms with van der Waals surface area (Å²) in [4.78, 5) is 6.80. The van der Waals surface area contributed by atoms with Gasteiger partial charge in [0, 0.05) is 32.9 Å². The highest BCUT2D eigenvalue weighted by Gasteiger charge is 2.00. The summed E-state index contributed by atoms with van der Waals surface area (Å²) in [5.41, 5.74) is 4.93. The van der Waals surface area contributed by atoms with Gasteiger partial charge in [-0.15, -0.1) is 0 Å². The van der Waals surface area contributed by atoms with Crippen molar-refractivity contribution in [1.82, 2.24) is 10.6 Å². The second-order valence-corrected chi connectivity index (χ2v) is 6.10. The Morgan fingerprint density at radius 3 is 2.42 bits per heavy atom. The molecule has 2 N–H and O–H groups in total. The smallest absolute Gasteiger partial charge is 0.191 e. The van der Waals surface area contributed by atoms with Gasteiger partial charge in [0.25, 0.3) is 0 Å². The van der Waals surface area contributed by atoms with Crippen LogP contribution < -0.4 is 15.5 Å². The average Bonchev–Trinajstić information content (AvgIpc) is 2.59. The van der Waals surface area contributed by atoms with Crippen molar-refractivity contribution >= 4 is 11.6 Å². The fourth-order valence-corrected chi connectivity index (χ4v) is 2.34. The van der Waals surface area contributed by atoms with Crippen molar-refractivity contribution < 1.29 is 0 Å². The maximum absolute atomic E-state index is 4.69. The first-order chi connectivity index (χ1) is 11.6. The van der Waals surface area contributed by atoms with Crippen LogP contribution in [-0.2, 0) is 13.1 Å². The van der Waals surface area contributed by atoms with Crippen LogP contribution in [0.25, 0.3) is 0 Å². The van der Waals surface area contributed by atoms with Crippen LogP contribution in [0.1, 0.15) is 23.6 Å². The van der Waals surface area contributed by atoms with E-state index in [1.54, 1.807) is 0 Å². The summed E-state index contributed by atoms with van der Waals surface area (Å²) in [6.45, 7) is 6.45. The molecule has 0 heterocycles. The summed E-state index contributed by atoms with van der Waals surface area (Å²) in [6.07, 6.45) is 0. The molecule has 0 aromatic heterocycles. The molecule has 2 aromatic carbocycles. The lowest BCUT2D eigenvalue weighted by atomic mass is 10.1. The van der Waals surface area contributed by atoms with Gasteiger partial charge in [-0.05, 0) is 37.1 Å². The summed E-state index contributed by atoms with van der Waals surface area (Å²) in [6, 6.07) is 17.0. The lowest BCUT2D eigenvalue weighted by Crippen LogP contribution is -2.36. The number of aryl methyl sites for hydroxylation is 1. The first-order valence-electron chi connectivity index (χ1n) is 8.42. The quantitative estimate of drug-likeness (QED) is 0.632. The molecule has 128 valence electrons. The average molecular weight is 324 g/mol. The SMILES string of the molecule is CCNC(=NCc1cccc(N(C)C)c1)NCc1ccc(C)cc1. The third kappa shape index (κ3) is 5.61. The molecule has 0 aliphatic carbocycles. The van der Waals surface area contributed by atoms with Crippen LogP contribution in [0.5, 0.6) is 0 Å². The largest absolute Gasteiger partial charge is 0.378 e. The molecule has 0 bridgehead atoms. The lowest BCUT2D eigenvalue weighted by molar-refractivity contribution is 0.816. The van der Waals surface area contributed by atoms with Crippen LogP contribution in [0, 0.1) is 6.92 Å². The van der Waals surface area contributed by atoms with E-state index in [0.29, 0.717) is 6.54 Å². The van der Waals surface area contributed by atoms with E-state index in [0.717, 1.165) is 19.0 Å². The standard InChI is InChI=1S/C20H28N4/c1-5-21-20(22-14-17-11-9-16(2)10-12-17)23-15-18-7-6-8-19(13-18)24(3)4/h6-13H,5,14-15H2,1-4H3,(H2,21,22,23). The molecule has 4 heteroatoms. The molecule has 2 rings (SSSR count). The van der Waals surface area contributed by atoms with Crippen molar-refractivity contribution in [2.45, 2.75) is 26.9 Å². The van der Waals surface area contributed by atoms with E-state index < -0.39 is 0 Å². The van der Waals surface area contributed by atoms with Crippen LogP contribution in [-0.4, -0.2) is 26.6 Å². The van der Waals surface area contributed by atoms with E-state index in [1.165, 1.54) is 22.4 Å². The van der Waals surface area contributed by atoms with Gasteiger partial charge in [0.2, 0.25) is 0 Å². The fraction of sp³-hybridized carbons (Fsp3) is 0.350. The molecule has 2 aromatic rings. The molecular weight excluding hydrogens is 296 g/mol. The zero-order valence-corrected chi connectivity index (χ0v) is 15.1. The maximum Gasteiger partial charge on any atom is 0.191 e. The molecule has 0 aliphatic heterocycles. The molecule has 4 nitrogen and oxygen atoms in total. The summed E-state index contributed by atoms with van der Waals surface area (Å²) in [5, 5.41) is 6.69. The number of benzene rings is 2. The van der Waals surface area contributed by atoms with E-state index in [9.17, 15) is 0 Å². The minimum absolute atomic E-state index is 0.658. The van der Waals surface area contributed by atoms with E-state index in [4.69, 9.17) is 4.99 Å². The highest BCUT2D eigenvalue weighted by Crippen LogP contribution is 2.14. The highest BCUT2D eigenvalue weighted by atomic mass is 15.2. The minimum atomic E-state index is 0.658. The van der Waals surface area contributed by atoms with Crippen LogP contribution >= 0.6 is 0 Å². The Kier molecular flexibility index (Phi) is 6.67. The molecule has 0 radical (unpaired) electrons. The molecule has 0 saturated heterocycles. The molecule has 0 amide bonds. The van der Waals surface area contributed by atoms with Crippen LogP contribution in [0.4, 0.5) is 5.69 Å². The minimum Gasteiger partial charge on any atom is -0.378 e. The number of guanidine groups is 1. The van der Waals surface area contributed by atoms with Gasteiger partial charge in [-0.2, -0.15) is 0 Å². The lowest BCUT2D eigenvalue weighted by Gasteiger charge is -2.14. The molecule has 0 atom stereocenters. The van der Waals surface area contributed by atoms with Gasteiger partial charge in [0.1, 0.15) is 0 Å². The molecular formula is C20H28N4. The number of hydrogen-bond acceptors (Lipinski definition) is 2. The number of rotatable bonds is 6. The highest BCUT2D eigenvalue weighted by molar-refractivity contribution is 5.79. The molecule has 0 fully saturated rings. The Bertz CT molecular complexity index is 660. The van der Waals surface area contributed by atoms with E-state index in [2.05, 4.69) is 92.0 Å². The van der Waals surface area contributed by atoms with Crippen LogP contribution in [0.3, 0.4) is 0 Å². The first-order valence-corrected chi connectivity index (χ1v) is 8.42. The molecule has 0 unspecified atom stereocenters. The zero-order chi connectivity index (χ0) is 17.4. The van der Waals surface area contributed by atoms with Crippen LogP contribution in [0.2, 0.25) is 0 Å². The van der Waals surface area contributed by atoms with E-state index in [-0.39, 0.29) is 0 Å². The summed E-state index contributed by atoms with van der Waals surface area (Å²) in [7, 11) is 4.10. The number of hydrogen-bond donors (Lipinski definition) is 2. The first kappa shape index (κ1) is 17.9. The van der Waals surface area contributed by atoms with Gasteiger partial charge in [-0.1, -0.05) is 42.0 Å². The Morgan fingerprint density at radius 1 is 1.00 bits per heavy atom. The zero-order valence-electron chi connectivity index (χ0n) is 15.1. The second-order valence-electron chi connectivity index (χ2n) is 6.10. The van der Waals surface area contributed by atoms with E-state index in [1.807, 2.05) is 0 Å². The molecule has 24 heavy (non-hydrogen) atoms. The van der Waals surface area contributed by atoms with Crippen molar-refractivity contribution in [1.29, 1.82) is 0 Å². The summed E-state index contributed by atoms with van der Waals surface area (Å²) >= 11 is 0. The van der Waals surface area contributed by atoms with Gasteiger partial charge in [-0.25, -0.2) is 4.99 Å². The molecule has 0 spiro atoms. The number of anilines is 1. The molecule has 0 saturated carbocycles. The summed E-state index contributed by atoms with van der Waals surface area (Å²) < 4.78 is 0.